The van der Waals surface area contributed by atoms with Crippen molar-refractivity contribution in [1.29, 1.82) is 0 Å². The van der Waals surface area contributed by atoms with Crippen molar-refractivity contribution in [3.05, 3.63) is 65.3 Å². The Bertz CT molecular complexity index is 1130. The van der Waals surface area contributed by atoms with Crippen LogP contribution in [0.3, 0.4) is 0 Å². The van der Waals surface area contributed by atoms with Crippen molar-refractivity contribution >= 4 is 44.3 Å². The number of esters is 1. The fourth-order valence-corrected chi connectivity index (χ4v) is 4.34. The van der Waals surface area contributed by atoms with Gasteiger partial charge in [0.2, 0.25) is 5.91 Å². The minimum Gasteiger partial charge on any atom is -0.467 e. The average Bonchev–Trinajstić information content (AvgIpc) is 3.35. The van der Waals surface area contributed by atoms with Crippen molar-refractivity contribution in [2.45, 2.75) is 25.3 Å². The van der Waals surface area contributed by atoms with Gasteiger partial charge in [0.15, 0.2) is 0 Å². The zero-order chi connectivity index (χ0) is 20.2. The van der Waals surface area contributed by atoms with Gasteiger partial charge in [0, 0.05) is 36.4 Å². The summed E-state index contributed by atoms with van der Waals surface area (Å²) in [4.78, 5) is 32.5. The largest absolute Gasteiger partial charge is 0.467 e. The van der Waals surface area contributed by atoms with Crippen LogP contribution in [0.4, 0.5) is 0 Å². The SMILES string of the molecule is COC(=O)C(Cc1c[nH]c2ccccc12)NC(=O)CCc1nc2ccccc2s1. The molecule has 1 unspecified atom stereocenters. The summed E-state index contributed by atoms with van der Waals surface area (Å²) in [5.74, 6) is -0.650. The molecule has 7 heteroatoms. The Morgan fingerprint density at radius 3 is 2.79 bits per heavy atom. The Hall–Kier alpha value is -3.19. The van der Waals surface area contributed by atoms with Crippen LogP contribution in [0, 0.1) is 0 Å². The van der Waals surface area contributed by atoms with Gasteiger partial charge in [-0.05, 0) is 23.8 Å². The number of hydrogen-bond donors (Lipinski definition) is 2. The highest BCUT2D eigenvalue weighted by atomic mass is 32.1. The lowest BCUT2D eigenvalue weighted by molar-refractivity contribution is -0.145. The van der Waals surface area contributed by atoms with Gasteiger partial charge in [0.1, 0.15) is 6.04 Å². The normalized spacial score (nSPS) is 12.2. The minimum absolute atomic E-state index is 0.195. The first kappa shape index (κ1) is 19.1. The minimum atomic E-state index is -0.734. The number of aromatic amines is 1. The number of ether oxygens (including phenoxy) is 1. The monoisotopic (exact) mass is 407 g/mol. The third kappa shape index (κ3) is 4.30. The third-order valence-electron chi connectivity index (χ3n) is 4.82. The molecule has 4 aromatic rings. The van der Waals surface area contributed by atoms with E-state index in [1.165, 1.54) is 7.11 Å². The molecule has 6 nitrogen and oxygen atoms in total. The van der Waals surface area contributed by atoms with Crippen molar-refractivity contribution in [3.63, 3.8) is 0 Å². The molecule has 0 aliphatic heterocycles. The van der Waals surface area contributed by atoms with E-state index in [-0.39, 0.29) is 12.3 Å². The number of H-pyrrole nitrogens is 1. The molecule has 0 saturated heterocycles. The summed E-state index contributed by atoms with van der Waals surface area (Å²) in [6.45, 7) is 0. The van der Waals surface area contributed by atoms with Crippen LogP contribution < -0.4 is 5.32 Å². The van der Waals surface area contributed by atoms with Gasteiger partial charge in [0.05, 0.1) is 22.3 Å². The van der Waals surface area contributed by atoms with Gasteiger partial charge < -0.3 is 15.0 Å². The molecule has 2 heterocycles. The van der Waals surface area contributed by atoms with Crippen molar-refractivity contribution in [2.75, 3.05) is 7.11 Å². The standard InChI is InChI=1S/C22H21N3O3S/c1-28-22(27)18(12-14-13-23-16-7-3-2-6-15(14)16)24-20(26)10-11-21-25-17-8-4-5-9-19(17)29-21/h2-9,13,18,23H,10-12H2,1H3,(H,24,26). The molecule has 0 radical (unpaired) electrons. The van der Waals surface area contributed by atoms with E-state index in [9.17, 15) is 9.59 Å². The first-order valence-electron chi connectivity index (χ1n) is 9.40. The van der Waals surface area contributed by atoms with E-state index in [0.29, 0.717) is 12.8 Å². The van der Waals surface area contributed by atoms with E-state index in [1.54, 1.807) is 11.3 Å². The zero-order valence-corrected chi connectivity index (χ0v) is 16.8. The molecule has 1 atom stereocenters. The van der Waals surface area contributed by atoms with Gasteiger partial charge in [-0.1, -0.05) is 30.3 Å². The van der Waals surface area contributed by atoms with Gasteiger partial charge in [-0.3, -0.25) is 4.79 Å². The summed E-state index contributed by atoms with van der Waals surface area (Å²) in [6.07, 6.45) is 3.03. The second kappa shape index (κ2) is 8.45. The second-order valence-corrected chi connectivity index (χ2v) is 7.90. The lowest BCUT2D eigenvalue weighted by Gasteiger charge is -2.16. The van der Waals surface area contributed by atoms with Gasteiger partial charge in [-0.15, -0.1) is 11.3 Å². The first-order chi connectivity index (χ1) is 14.1. The fraction of sp³-hybridized carbons (Fsp3) is 0.227. The molecular formula is C22H21N3O3S. The molecule has 29 heavy (non-hydrogen) atoms. The highest BCUT2D eigenvalue weighted by Crippen LogP contribution is 2.23. The van der Waals surface area contributed by atoms with E-state index >= 15 is 0 Å². The van der Waals surface area contributed by atoms with Gasteiger partial charge in [0.25, 0.3) is 0 Å². The van der Waals surface area contributed by atoms with Crippen molar-refractivity contribution < 1.29 is 14.3 Å². The first-order valence-corrected chi connectivity index (χ1v) is 10.2. The molecule has 0 fully saturated rings. The Labute approximate surface area is 171 Å². The summed E-state index contributed by atoms with van der Waals surface area (Å²) in [5, 5.41) is 4.77. The summed E-state index contributed by atoms with van der Waals surface area (Å²) >= 11 is 1.59. The number of nitrogens with one attached hydrogen (secondary N) is 2. The quantitative estimate of drug-likeness (QED) is 0.459. The summed E-state index contributed by atoms with van der Waals surface area (Å²) in [5.41, 5.74) is 2.90. The van der Waals surface area contributed by atoms with Crippen LogP contribution in [0.1, 0.15) is 17.0 Å². The number of para-hydroxylation sites is 2. The van der Waals surface area contributed by atoms with E-state index in [2.05, 4.69) is 15.3 Å². The average molecular weight is 407 g/mol. The lowest BCUT2D eigenvalue weighted by atomic mass is 10.0. The molecule has 0 bridgehead atoms. The van der Waals surface area contributed by atoms with Crippen LogP contribution in [0.15, 0.2) is 54.7 Å². The number of aryl methyl sites for hydroxylation is 1. The number of thiazole rings is 1. The number of fused-ring (bicyclic) bond motifs is 2. The molecule has 2 aromatic carbocycles. The van der Waals surface area contributed by atoms with Gasteiger partial charge >= 0.3 is 5.97 Å². The number of rotatable bonds is 7. The summed E-state index contributed by atoms with van der Waals surface area (Å²) in [6, 6.07) is 15.0. The molecule has 2 N–H and O–H groups in total. The molecule has 0 aliphatic carbocycles. The second-order valence-electron chi connectivity index (χ2n) is 6.78. The Balaban J connectivity index is 1.42. The summed E-state index contributed by atoms with van der Waals surface area (Å²) < 4.78 is 6.01. The number of benzene rings is 2. The number of hydrogen-bond acceptors (Lipinski definition) is 5. The fourth-order valence-electron chi connectivity index (χ4n) is 3.37. The molecule has 2 aromatic heterocycles. The molecule has 148 valence electrons. The Kier molecular flexibility index (Phi) is 5.57. The maximum absolute atomic E-state index is 12.5. The third-order valence-corrected chi connectivity index (χ3v) is 5.92. The number of carbonyl (C=O) groups is 2. The van der Waals surface area contributed by atoms with Crippen LogP contribution in [0.5, 0.6) is 0 Å². The smallest absolute Gasteiger partial charge is 0.328 e. The van der Waals surface area contributed by atoms with Crippen molar-refractivity contribution in [3.8, 4) is 0 Å². The van der Waals surface area contributed by atoms with Gasteiger partial charge in [-0.25, -0.2) is 9.78 Å². The van der Waals surface area contributed by atoms with Gasteiger partial charge in [-0.2, -0.15) is 0 Å². The molecule has 0 aliphatic rings. The molecule has 0 spiro atoms. The van der Waals surface area contributed by atoms with Crippen LogP contribution >= 0.6 is 11.3 Å². The topological polar surface area (TPSA) is 84.1 Å². The molecule has 0 saturated carbocycles. The van der Waals surface area contributed by atoms with E-state index in [1.807, 2.05) is 54.7 Å². The maximum atomic E-state index is 12.5. The Morgan fingerprint density at radius 2 is 1.97 bits per heavy atom. The highest BCUT2D eigenvalue weighted by Gasteiger charge is 2.23. The maximum Gasteiger partial charge on any atom is 0.328 e. The van der Waals surface area contributed by atoms with Crippen LogP contribution in [-0.2, 0) is 27.2 Å². The number of aromatic nitrogens is 2. The highest BCUT2D eigenvalue weighted by molar-refractivity contribution is 7.18. The van der Waals surface area contributed by atoms with Crippen molar-refractivity contribution in [1.82, 2.24) is 15.3 Å². The van der Waals surface area contributed by atoms with Crippen molar-refractivity contribution in [2.24, 2.45) is 0 Å². The Morgan fingerprint density at radius 1 is 1.17 bits per heavy atom. The van der Waals surface area contributed by atoms with Crippen LogP contribution in [0.25, 0.3) is 21.1 Å². The number of nitrogens with zero attached hydrogens (tertiary/aromatic N) is 1. The molecule has 1 amide bonds. The van der Waals surface area contributed by atoms with E-state index in [4.69, 9.17) is 4.74 Å². The number of carbonyl (C=O) groups excluding carboxylic acids is 2. The van der Waals surface area contributed by atoms with Crippen LogP contribution in [-0.4, -0.2) is 35.0 Å². The molecular weight excluding hydrogens is 386 g/mol. The number of amides is 1. The van der Waals surface area contributed by atoms with E-state index < -0.39 is 12.0 Å². The predicted molar refractivity (Wildman–Crippen MR) is 114 cm³/mol. The lowest BCUT2D eigenvalue weighted by Crippen LogP contribution is -2.43. The summed E-state index contributed by atoms with van der Waals surface area (Å²) in [7, 11) is 1.33. The number of methoxy groups -OCH3 is 1. The van der Waals surface area contributed by atoms with E-state index in [0.717, 1.165) is 31.7 Å². The zero-order valence-electron chi connectivity index (χ0n) is 16.0. The predicted octanol–water partition coefficient (Wildman–Crippen LogP) is 3.61. The van der Waals surface area contributed by atoms with Crippen LogP contribution in [0.2, 0.25) is 0 Å². The molecule has 4 rings (SSSR count).